The molecule has 1 aliphatic carbocycles. The lowest BCUT2D eigenvalue weighted by Crippen LogP contribution is -2.52. The van der Waals surface area contributed by atoms with Gasteiger partial charge in [-0.25, -0.2) is 4.98 Å². The predicted octanol–water partition coefficient (Wildman–Crippen LogP) is 3.31. The molecule has 2 saturated heterocycles. The molecule has 0 amide bonds. The number of hydrogen-bond donors (Lipinski definition) is 0. The Morgan fingerprint density at radius 3 is 2.67 bits per heavy atom. The van der Waals surface area contributed by atoms with Gasteiger partial charge in [-0.2, -0.15) is 0 Å². The average Bonchev–Trinajstić information content (AvgIpc) is 3.25. The number of aromatic nitrogens is 1. The Balaban J connectivity index is 1.26. The van der Waals surface area contributed by atoms with Gasteiger partial charge in [-0.15, -0.1) is 11.3 Å². The zero-order valence-electron chi connectivity index (χ0n) is 15.2. The van der Waals surface area contributed by atoms with Crippen molar-refractivity contribution in [3.63, 3.8) is 0 Å². The van der Waals surface area contributed by atoms with Crippen molar-refractivity contribution in [3.05, 3.63) is 16.1 Å². The van der Waals surface area contributed by atoms with Crippen LogP contribution < -0.4 is 0 Å². The molecule has 1 unspecified atom stereocenters. The molecule has 3 fully saturated rings. The van der Waals surface area contributed by atoms with Gasteiger partial charge in [0.05, 0.1) is 13.2 Å². The molecule has 134 valence electrons. The largest absolute Gasteiger partial charge is 0.380 e. The molecule has 5 heteroatoms. The quantitative estimate of drug-likeness (QED) is 0.788. The lowest BCUT2D eigenvalue weighted by atomic mass is 9.85. The minimum atomic E-state index is 0.433. The Bertz CT molecular complexity index is 549. The molecule has 0 N–H and O–H groups in total. The highest BCUT2D eigenvalue weighted by Gasteiger charge is 2.45. The summed E-state index contributed by atoms with van der Waals surface area (Å²) in [6.45, 7) is 7.47. The van der Waals surface area contributed by atoms with Crippen LogP contribution in [0.25, 0.3) is 0 Å². The van der Waals surface area contributed by atoms with Crippen LogP contribution in [-0.2, 0) is 11.3 Å². The van der Waals surface area contributed by atoms with Gasteiger partial charge in [0.15, 0.2) is 0 Å². The van der Waals surface area contributed by atoms with E-state index in [1.54, 1.807) is 11.3 Å². The van der Waals surface area contributed by atoms with Crippen molar-refractivity contribution in [2.24, 2.45) is 5.92 Å². The summed E-state index contributed by atoms with van der Waals surface area (Å²) in [6.07, 6.45) is 8.04. The van der Waals surface area contributed by atoms with Crippen molar-refractivity contribution >= 4 is 11.3 Å². The molecule has 1 aromatic heterocycles. The normalized spacial score (nSPS) is 28.0. The molecule has 1 saturated carbocycles. The number of likely N-dealkylation sites (N-methyl/N-ethyl adjacent to an activating group) is 1. The smallest absolute Gasteiger partial charge is 0.107 e. The summed E-state index contributed by atoms with van der Waals surface area (Å²) in [4.78, 5) is 9.89. The van der Waals surface area contributed by atoms with Gasteiger partial charge < -0.3 is 4.74 Å². The molecule has 0 radical (unpaired) electrons. The molecule has 3 heterocycles. The standard InChI is InChI=1S/C19H31N3OS/c1-15-14-24-18(20-15)11-22-9-7-19(8-10-22)6-5-17(21(19)2)13-23-12-16-3-4-16/h14,16-17H,3-13H2,1-2H3. The Morgan fingerprint density at radius 1 is 1.21 bits per heavy atom. The maximum Gasteiger partial charge on any atom is 0.107 e. The third-order valence-corrected chi connectivity index (χ3v) is 7.36. The predicted molar refractivity (Wildman–Crippen MR) is 98.4 cm³/mol. The maximum atomic E-state index is 5.99. The summed E-state index contributed by atoms with van der Waals surface area (Å²) in [6, 6.07) is 0.636. The fourth-order valence-corrected chi connectivity index (χ4v) is 5.25. The van der Waals surface area contributed by atoms with Crippen molar-refractivity contribution < 1.29 is 4.74 Å². The van der Waals surface area contributed by atoms with Crippen LogP contribution in [0.5, 0.6) is 0 Å². The SMILES string of the molecule is Cc1csc(CN2CCC3(CCC(COCC4CC4)N3C)CC2)n1. The molecule has 1 aromatic rings. The zero-order valence-corrected chi connectivity index (χ0v) is 16.0. The number of nitrogens with zero attached hydrogens (tertiary/aromatic N) is 3. The van der Waals surface area contributed by atoms with Gasteiger partial charge in [0.2, 0.25) is 0 Å². The van der Waals surface area contributed by atoms with E-state index in [9.17, 15) is 0 Å². The number of thiazole rings is 1. The third kappa shape index (κ3) is 3.69. The van der Waals surface area contributed by atoms with Crippen LogP contribution >= 0.6 is 11.3 Å². The second kappa shape index (κ2) is 7.02. The van der Waals surface area contributed by atoms with Gasteiger partial charge in [-0.3, -0.25) is 9.80 Å². The maximum absolute atomic E-state index is 5.99. The summed E-state index contributed by atoms with van der Waals surface area (Å²) in [7, 11) is 2.35. The van der Waals surface area contributed by atoms with Crippen LogP contribution in [0.4, 0.5) is 0 Å². The topological polar surface area (TPSA) is 28.6 Å². The first-order chi connectivity index (χ1) is 11.6. The van der Waals surface area contributed by atoms with Crippen LogP contribution in [0.1, 0.15) is 49.2 Å². The number of piperidine rings is 1. The minimum Gasteiger partial charge on any atom is -0.380 e. The molecule has 4 rings (SSSR count). The Morgan fingerprint density at radius 2 is 2.00 bits per heavy atom. The third-order valence-electron chi connectivity index (χ3n) is 6.41. The van der Waals surface area contributed by atoms with E-state index in [0.717, 1.165) is 31.4 Å². The summed E-state index contributed by atoms with van der Waals surface area (Å²) in [5.74, 6) is 0.878. The van der Waals surface area contributed by atoms with E-state index in [0.29, 0.717) is 11.6 Å². The number of rotatable bonds is 6. The van der Waals surface area contributed by atoms with Gasteiger partial charge in [0, 0.05) is 42.4 Å². The monoisotopic (exact) mass is 349 g/mol. The van der Waals surface area contributed by atoms with Crippen molar-refractivity contribution in [2.75, 3.05) is 33.4 Å². The summed E-state index contributed by atoms with van der Waals surface area (Å²) in [5, 5.41) is 3.44. The molecule has 1 spiro atoms. The van der Waals surface area contributed by atoms with Crippen LogP contribution in [-0.4, -0.2) is 59.7 Å². The number of likely N-dealkylation sites (tertiary alicyclic amines) is 2. The molecule has 1 atom stereocenters. The highest BCUT2D eigenvalue weighted by atomic mass is 32.1. The van der Waals surface area contributed by atoms with E-state index < -0.39 is 0 Å². The van der Waals surface area contributed by atoms with E-state index in [2.05, 4.69) is 34.1 Å². The highest BCUT2D eigenvalue weighted by molar-refractivity contribution is 7.09. The average molecular weight is 350 g/mol. The second-order valence-corrected chi connectivity index (χ2v) is 9.11. The van der Waals surface area contributed by atoms with Crippen LogP contribution in [0, 0.1) is 12.8 Å². The van der Waals surface area contributed by atoms with Crippen molar-refractivity contribution in [3.8, 4) is 0 Å². The zero-order chi connectivity index (χ0) is 16.6. The summed E-state index contributed by atoms with van der Waals surface area (Å²) < 4.78 is 5.99. The molecular formula is C19H31N3OS. The van der Waals surface area contributed by atoms with Crippen LogP contribution in [0.3, 0.4) is 0 Å². The Hall–Kier alpha value is -0.490. The first-order valence-corrected chi connectivity index (χ1v) is 10.5. The second-order valence-electron chi connectivity index (χ2n) is 8.17. The number of hydrogen-bond acceptors (Lipinski definition) is 5. The first kappa shape index (κ1) is 17.0. The fraction of sp³-hybridized carbons (Fsp3) is 0.842. The van der Waals surface area contributed by atoms with E-state index in [4.69, 9.17) is 4.74 Å². The van der Waals surface area contributed by atoms with Gasteiger partial charge in [0.1, 0.15) is 5.01 Å². The van der Waals surface area contributed by atoms with Gasteiger partial charge >= 0.3 is 0 Å². The van der Waals surface area contributed by atoms with E-state index in [-0.39, 0.29) is 0 Å². The minimum absolute atomic E-state index is 0.433. The Labute approximate surface area is 150 Å². The fourth-order valence-electron chi connectivity index (χ4n) is 4.44. The number of ether oxygens (including phenoxy) is 1. The summed E-state index contributed by atoms with van der Waals surface area (Å²) in [5.41, 5.74) is 1.59. The molecule has 24 heavy (non-hydrogen) atoms. The van der Waals surface area contributed by atoms with E-state index in [1.807, 2.05) is 0 Å². The molecule has 3 aliphatic rings. The van der Waals surface area contributed by atoms with Crippen LogP contribution in [0.15, 0.2) is 5.38 Å². The van der Waals surface area contributed by atoms with Crippen LogP contribution in [0.2, 0.25) is 0 Å². The van der Waals surface area contributed by atoms with E-state index in [1.165, 1.54) is 56.6 Å². The molecule has 0 bridgehead atoms. The molecule has 0 aromatic carbocycles. The lowest BCUT2D eigenvalue weighted by Gasteiger charge is -2.45. The van der Waals surface area contributed by atoms with Gasteiger partial charge in [0.25, 0.3) is 0 Å². The van der Waals surface area contributed by atoms with E-state index >= 15 is 0 Å². The van der Waals surface area contributed by atoms with Crippen molar-refractivity contribution in [1.29, 1.82) is 0 Å². The lowest BCUT2D eigenvalue weighted by molar-refractivity contribution is 0.0161. The van der Waals surface area contributed by atoms with Crippen molar-refractivity contribution in [1.82, 2.24) is 14.8 Å². The highest BCUT2D eigenvalue weighted by Crippen LogP contribution is 2.41. The molecule has 4 nitrogen and oxygen atoms in total. The van der Waals surface area contributed by atoms with Gasteiger partial charge in [-0.1, -0.05) is 0 Å². The van der Waals surface area contributed by atoms with Crippen molar-refractivity contribution in [2.45, 2.75) is 63.6 Å². The first-order valence-electron chi connectivity index (χ1n) is 9.59. The van der Waals surface area contributed by atoms with Gasteiger partial charge in [-0.05, 0) is 58.4 Å². The Kier molecular flexibility index (Phi) is 4.96. The number of aryl methyl sites for hydroxylation is 1. The summed E-state index contributed by atoms with van der Waals surface area (Å²) >= 11 is 1.80. The molecular weight excluding hydrogens is 318 g/mol. The molecule has 2 aliphatic heterocycles.